The van der Waals surface area contributed by atoms with Gasteiger partial charge in [0.05, 0.1) is 27.2 Å². The molecular weight excluding hydrogens is 388 g/mol. The van der Waals surface area contributed by atoms with E-state index in [4.69, 9.17) is 9.47 Å². The lowest BCUT2D eigenvalue weighted by molar-refractivity contribution is -0.120. The van der Waals surface area contributed by atoms with Crippen LogP contribution < -0.4 is 14.8 Å². The summed E-state index contributed by atoms with van der Waals surface area (Å²) in [5.74, 6) is 1.74. The second-order valence-electron chi connectivity index (χ2n) is 5.30. The van der Waals surface area contributed by atoms with Gasteiger partial charge in [0, 0.05) is 10.7 Å². The van der Waals surface area contributed by atoms with Crippen LogP contribution in [0.15, 0.2) is 41.0 Å². The Hall–Kier alpha value is -2.61. The Morgan fingerprint density at radius 2 is 1.96 bits per heavy atom. The number of hydrogen-bond donors (Lipinski definition) is 1. The zero-order valence-electron chi connectivity index (χ0n) is 13.8. The predicted octanol–water partition coefficient (Wildman–Crippen LogP) is 2.37. The molecule has 3 aromatic rings. The van der Waals surface area contributed by atoms with E-state index in [1.54, 1.807) is 26.4 Å². The van der Waals surface area contributed by atoms with Crippen molar-refractivity contribution in [1.82, 2.24) is 19.9 Å². The highest BCUT2D eigenvalue weighted by molar-refractivity contribution is 9.10. The summed E-state index contributed by atoms with van der Waals surface area (Å²) in [6.07, 6.45) is 2.07. The Bertz CT molecular complexity index is 910. The fraction of sp³-hybridized carbons (Fsp3) is 0.235. The van der Waals surface area contributed by atoms with E-state index in [1.165, 1.54) is 0 Å². The molecule has 0 saturated heterocycles. The summed E-state index contributed by atoms with van der Waals surface area (Å²) in [7, 11) is 3.13. The summed E-state index contributed by atoms with van der Waals surface area (Å²) >= 11 is 3.46. The van der Waals surface area contributed by atoms with Crippen molar-refractivity contribution in [2.45, 2.75) is 13.0 Å². The monoisotopic (exact) mass is 404 g/mol. The molecular formula is C17H17BrN4O3. The molecule has 0 fully saturated rings. The Morgan fingerprint density at radius 1 is 1.20 bits per heavy atom. The molecule has 3 rings (SSSR count). The van der Waals surface area contributed by atoms with Crippen molar-refractivity contribution in [1.29, 1.82) is 0 Å². The molecule has 0 unspecified atom stereocenters. The number of amides is 1. The number of hydrogen-bond acceptors (Lipinski definition) is 5. The molecule has 0 saturated carbocycles. The molecule has 0 spiro atoms. The van der Waals surface area contributed by atoms with Crippen LogP contribution in [0.25, 0.3) is 5.65 Å². The van der Waals surface area contributed by atoms with Gasteiger partial charge in [-0.1, -0.05) is 22.0 Å². The van der Waals surface area contributed by atoms with Crippen LogP contribution in [0.3, 0.4) is 0 Å². The average Bonchev–Trinajstić information content (AvgIpc) is 3.04. The van der Waals surface area contributed by atoms with E-state index in [0.717, 1.165) is 15.7 Å². The minimum Gasteiger partial charge on any atom is -0.493 e. The van der Waals surface area contributed by atoms with Gasteiger partial charge in [-0.3, -0.25) is 9.20 Å². The number of carbonyl (C=O) groups excluding carboxylic acids is 1. The summed E-state index contributed by atoms with van der Waals surface area (Å²) in [6.45, 7) is 0.301. The van der Waals surface area contributed by atoms with Crippen molar-refractivity contribution < 1.29 is 14.3 Å². The summed E-state index contributed by atoms with van der Waals surface area (Å²) < 4.78 is 13.1. The van der Waals surface area contributed by atoms with Crippen LogP contribution in [0.1, 0.15) is 11.4 Å². The van der Waals surface area contributed by atoms with Gasteiger partial charge in [0.25, 0.3) is 0 Å². The number of ether oxygens (including phenoxy) is 2. The summed E-state index contributed by atoms with van der Waals surface area (Å²) in [5.41, 5.74) is 1.55. The van der Waals surface area contributed by atoms with Gasteiger partial charge in [-0.25, -0.2) is 0 Å². The Labute approximate surface area is 153 Å². The van der Waals surface area contributed by atoms with Gasteiger partial charge in [0.2, 0.25) is 5.91 Å². The van der Waals surface area contributed by atoms with Crippen LogP contribution in [0.2, 0.25) is 0 Å². The number of halogens is 1. The van der Waals surface area contributed by atoms with Crippen LogP contribution in [-0.2, 0) is 17.8 Å². The van der Waals surface area contributed by atoms with Crippen LogP contribution in [0.4, 0.5) is 0 Å². The molecule has 8 heteroatoms. The highest BCUT2D eigenvalue weighted by atomic mass is 79.9. The van der Waals surface area contributed by atoms with E-state index < -0.39 is 0 Å². The molecule has 0 atom stereocenters. The SMILES string of the molecule is COc1cc(Br)c(CC(=O)NCc2nnc3ccccn23)cc1OC. The lowest BCUT2D eigenvalue weighted by Gasteiger charge is -2.12. The normalized spacial score (nSPS) is 10.7. The number of nitrogens with one attached hydrogen (secondary N) is 1. The zero-order chi connectivity index (χ0) is 17.8. The first kappa shape index (κ1) is 17.2. The summed E-state index contributed by atoms with van der Waals surface area (Å²) in [5, 5.41) is 11.0. The van der Waals surface area contributed by atoms with Gasteiger partial charge in [-0.15, -0.1) is 10.2 Å². The van der Waals surface area contributed by atoms with Gasteiger partial charge in [0.15, 0.2) is 23.0 Å². The van der Waals surface area contributed by atoms with Gasteiger partial charge < -0.3 is 14.8 Å². The smallest absolute Gasteiger partial charge is 0.224 e. The third kappa shape index (κ3) is 3.74. The predicted molar refractivity (Wildman–Crippen MR) is 95.8 cm³/mol. The number of rotatable bonds is 6. The molecule has 2 heterocycles. The van der Waals surface area contributed by atoms with Crippen molar-refractivity contribution in [2.75, 3.05) is 14.2 Å². The third-order valence-electron chi connectivity index (χ3n) is 3.73. The first-order valence-corrected chi connectivity index (χ1v) is 8.37. The number of fused-ring (bicyclic) bond motifs is 1. The first-order chi connectivity index (χ1) is 12.1. The van der Waals surface area contributed by atoms with E-state index in [2.05, 4.69) is 31.4 Å². The van der Waals surface area contributed by atoms with E-state index in [-0.39, 0.29) is 12.3 Å². The molecule has 7 nitrogen and oxygen atoms in total. The van der Waals surface area contributed by atoms with Crippen molar-refractivity contribution >= 4 is 27.5 Å². The maximum Gasteiger partial charge on any atom is 0.224 e. The Kier molecular flexibility index (Phi) is 5.18. The number of aromatic nitrogens is 3. The quantitative estimate of drug-likeness (QED) is 0.682. The molecule has 1 N–H and O–H groups in total. The Morgan fingerprint density at radius 3 is 2.72 bits per heavy atom. The molecule has 1 amide bonds. The molecule has 0 radical (unpaired) electrons. The number of pyridine rings is 1. The first-order valence-electron chi connectivity index (χ1n) is 7.58. The van der Waals surface area contributed by atoms with Gasteiger partial charge in [-0.05, 0) is 29.8 Å². The number of benzene rings is 1. The van der Waals surface area contributed by atoms with E-state index in [0.29, 0.717) is 23.9 Å². The maximum absolute atomic E-state index is 12.3. The van der Waals surface area contributed by atoms with Crippen molar-refractivity contribution in [2.24, 2.45) is 0 Å². The van der Waals surface area contributed by atoms with Crippen molar-refractivity contribution in [3.8, 4) is 11.5 Å². The van der Waals surface area contributed by atoms with Crippen LogP contribution in [-0.4, -0.2) is 34.7 Å². The largest absolute Gasteiger partial charge is 0.493 e. The second kappa shape index (κ2) is 7.52. The summed E-state index contributed by atoms with van der Waals surface area (Å²) in [6, 6.07) is 9.21. The van der Waals surface area contributed by atoms with Gasteiger partial charge >= 0.3 is 0 Å². The second-order valence-corrected chi connectivity index (χ2v) is 6.15. The molecule has 25 heavy (non-hydrogen) atoms. The summed E-state index contributed by atoms with van der Waals surface area (Å²) in [4.78, 5) is 12.3. The van der Waals surface area contributed by atoms with Gasteiger partial charge in [-0.2, -0.15) is 0 Å². The molecule has 2 aromatic heterocycles. The highest BCUT2D eigenvalue weighted by Gasteiger charge is 2.13. The fourth-order valence-electron chi connectivity index (χ4n) is 2.46. The molecule has 0 aliphatic rings. The van der Waals surface area contributed by atoms with Crippen molar-refractivity contribution in [3.05, 3.63) is 52.4 Å². The van der Waals surface area contributed by atoms with E-state index in [1.807, 2.05) is 28.8 Å². The lowest BCUT2D eigenvalue weighted by atomic mass is 10.1. The standard InChI is InChI=1S/C17H17BrN4O3/c1-24-13-7-11(12(18)9-14(13)25-2)8-17(23)19-10-16-21-20-15-5-3-4-6-22(15)16/h3-7,9H,8,10H2,1-2H3,(H,19,23). The fourth-order valence-corrected chi connectivity index (χ4v) is 2.92. The van der Waals surface area contributed by atoms with Crippen molar-refractivity contribution in [3.63, 3.8) is 0 Å². The lowest BCUT2D eigenvalue weighted by Crippen LogP contribution is -2.25. The molecule has 130 valence electrons. The number of nitrogens with zero attached hydrogens (tertiary/aromatic N) is 3. The molecule has 0 bridgehead atoms. The molecule has 0 aliphatic carbocycles. The minimum atomic E-state index is -0.124. The average molecular weight is 405 g/mol. The molecule has 0 aliphatic heterocycles. The highest BCUT2D eigenvalue weighted by Crippen LogP contribution is 2.33. The van der Waals surface area contributed by atoms with Gasteiger partial charge in [0.1, 0.15) is 0 Å². The van der Waals surface area contributed by atoms with Crippen LogP contribution in [0.5, 0.6) is 11.5 Å². The zero-order valence-corrected chi connectivity index (χ0v) is 15.4. The Balaban J connectivity index is 1.68. The topological polar surface area (TPSA) is 77.8 Å². The third-order valence-corrected chi connectivity index (χ3v) is 4.47. The van der Waals surface area contributed by atoms with Crippen LogP contribution in [0, 0.1) is 0 Å². The van der Waals surface area contributed by atoms with Crippen LogP contribution >= 0.6 is 15.9 Å². The van der Waals surface area contributed by atoms with E-state index in [9.17, 15) is 4.79 Å². The minimum absolute atomic E-state index is 0.124. The molecule has 1 aromatic carbocycles. The number of methoxy groups -OCH3 is 2. The maximum atomic E-state index is 12.3. The number of carbonyl (C=O) groups is 1. The van der Waals surface area contributed by atoms with E-state index >= 15 is 0 Å².